The summed E-state index contributed by atoms with van der Waals surface area (Å²) in [7, 11) is 0. The van der Waals surface area contributed by atoms with Crippen LogP contribution < -0.4 is 0 Å². The standard InChI is InChI=1S/C11H15BrF5I/c12-6-4-2-1-3-5-8(18)7-11(16,17)9(13)10(14)15/h8H,1-7H2. The zero-order valence-electron chi connectivity index (χ0n) is 9.67. The van der Waals surface area contributed by atoms with Crippen molar-refractivity contribution in [2.45, 2.75) is 48.4 Å². The van der Waals surface area contributed by atoms with Crippen LogP contribution in [0.15, 0.2) is 11.9 Å². The lowest BCUT2D eigenvalue weighted by Crippen LogP contribution is -2.22. The predicted octanol–water partition coefficient (Wildman–Crippen LogP) is 6.24. The molecule has 0 aliphatic rings. The van der Waals surface area contributed by atoms with Gasteiger partial charge in [0.2, 0.25) is 5.83 Å². The molecule has 0 amide bonds. The molecule has 1 atom stereocenters. The highest BCUT2D eigenvalue weighted by Gasteiger charge is 2.40. The summed E-state index contributed by atoms with van der Waals surface area (Å²) in [5, 5.41) is 0.907. The summed E-state index contributed by atoms with van der Waals surface area (Å²) in [6.45, 7) is 0. The van der Waals surface area contributed by atoms with E-state index >= 15 is 0 Å². The van der Waals surface area contributed by atoms with E-state index in [-0.39, 0.29) is 0 Å². The van der Waals surface area contributed by atoms with Crippen LogP contribution in [0.1, 0.15) is 38.5 Å². The molecule has 0 saturated carbocycles. The molecular weight excluding hydrogens is 434 g/mol. The van der Waals surface area contributed by atoms with Crippen molar-refractivity contribution in [1.29, 1.82) is 0 Å². The van der Waals surface area contributed by atoms with E-state index in [9.17, 15) is 22.0 Å². The fourth-order valence-corrected chi connectivity index (χ4v) is 2.81. The maximum Gasteiger partial charge on any atom is 0.307 e. The third-order valence-electron chi connectivity index (χ3n) is 2.37. The third-order valence-corrected chi connectivity index (χ3v) is 3.99. The SMILES string of the molecule is FC(F)=C(F)C(F)(F)CC(I)CCCCCCBr. The number of allylic oxidation sites excluding steroid dienone is 1. The van der Waals surface area contributed by atoms with Gasteiger partial charge in [0.05, 0.1) is 0 Å². The molecule has 0 N–H and O–H groups in total. The van der Waals surface area contributed by atoms with Crippen molar-refractivity contribution in [1.82, 2.24) is 0 Å². The Hall–Kier alpha value is 0.600. The Labute approximate surface area is 126 Å². The predicted molar refractivity (Wildman–Crippen MR) is 74.6 cm³/mol. The van der Waals surface area contributed by atoms with Crippen molar-refractivity contribution in [2.24, 2.45) is 0 Å². The fourth-order valence-electron chi connectivity index (χ4n) is 1.42. The van der Waals surface area contributed by atoms with Gasteiger partial charge in [-0.05, 0) is 12.8 Å². The second kappa shape index (κ2) is 9.50. The molecule has 0 radical (unpaired) electrons. The molecule has 0 bridgehead atoms. The monoisotopic (exact) mass is 448 g/mol. The molecule has 1 unspecified atom stereocenters. The lowest BCUT2D eigenvalue weighted by atomic mass is 10.1. The van der Waals surface area contributed by atoms with Gasteiger partial charge >= 0.3 is 12.0 Å². The van der Waals surface area contributed by atoms with Crippen LogP contribution in [-0.4, -0.2) is 15.2 Å². The molecule has 0 aliphatic heterocycles. The number of rotatable bonds is 9. The third kappa shape index (κ3) is 7.91. The van der Waals surface area contributed by atoms with Crippen molar-refractivity contribution in [3.63, 3.8) is 0 Å². The molecule has 0 spiro atoms. The van der Waals surface area contributed by atoms with Gasteiger partial charge < -0.3 is 0 Å². The first-order valence-corrected chi connectivity index (χ1v) is 7.97. The van der Waals surface area contributed by atoms with Gasteiger partial charge in [-0.25, -0.2) is 0 Å². The molecule has 0 saturated heterocycles. The largest absolute Gasteiger partial charge is 0.307 e. The molecular formula is C11H15BrF5I. The minimum absolute atomic E-state index is 0.486. The lowest BCUT2D eigenvalue weighted by Gasteiger charge is -2.17. The summed E-state index contributed by atoms with van der Waals surface area (Å²) in [6, 6.07) is 0. The van der Waals surface area contributed by atoms with Crippen LogP contribution in [-0.2, 0) is 0 Å². The van der Waals surface area contributed by atoms with E-state index in [4.69, 9.17) is 0 Å². The maximum atomic E-state index is 13.0. The van der Waals surface area contributed by atoms with E-state index in [0.717, 1.165) is 31.0 Å². The van der Waals surface area contributed by atoms with Gasteiger partial charge in [-0.3, -0.25) is 0 Å². The molecule has 0 aromatic rings. The van der Waals surface area contributed by atoms with E-state index in [1.807, 2.05) is 0 Å². The second-order valence-electron chi connectivity index (χ2n) is 3.97. The number of hydrogen-bond acceptors (Lipinski definition) is 0. The smallest absolute Gasteiger partial charge is 0.199 e. The molecule has 108 valence electrons. The summed E-state index contributed by atoms with van der Waals surface area (Å²) in [4.78, 5) is 0. The van der Waals surface area contributed by atoms with Crippen LogP contribution in [0.25, 0.3) is 0 Å². The average molecular weight is 449 g/mol. The number of alkyl halides is 4. The Morgan fingerprint density at radius 3 is 2.11 bits per heavy atom. The highest BCUT2D eigenvalue weighted by Crippen LogP contribution is 2.36. The first kappa shape index (κ1) is 18.6. The highest BCUT2D eigenvalue weighted by atomic mass is 127. The van der Waals surface area contributed by atoms with Crippen LogP contribution in [0.2, 0.25) is 0 Å². The first-order valence-electron chi connectivity index (χ1n) is 5.60. The summed E-state index contributed by atoms with van der Waals surface area (Å²) < 4.78 is 61.6. The minimum Gasteiger partial charge on any atom is -0.199 e. The lowest BCUT2D eigenvalue weighted by molar-refractivity contribution is 0.00272. The zero-order valence-corrected chi connectivity index (χ0v) is 13.4. The van der Waals surface area contributed by atoms with Crippen LogP contribution in [0, 0.1) is 0 Å². The molecule has 0 fully saturated rings. The van der Waals surface area contributed by atoms with Crippen molar-refractivity contribution < 1.29 is 22.0 Å². The molecule has 0 rings (SSSR count). The molecule has 7 heteroatoms. The van der Waals surface area contributed by atoms with E-state index in [0.29, 0.717) is 6.42 Å². The van der Waals surface area contributed by atoms with Crippen molar-refractivity contribution in [3.8, 4) is 0 Å². The van der Waals surface area contributed by atoms with Crippen LogP contribution in [0.4, 0.5) is 22.0 Å². The van der Waals surface area contributed by atoms with Crippen molar-refractivity contribution in [3.05, 3.63) is 11.9 Å². The van der Waals surface area contributed by atoms with Gasteiger partial charge in [-0.15, -0.1) is 0 Å². The number of hydrogen-bond donors (Lipinski definition) is 0. The molecule has 18 heavy (non-hydrogen) atoms. The molecule has 0 aromatic carbocycles. The molecule has 0 nitrogen and oxygen atoms in total. The average Bonchev–Trinajstić information content (AvgIpc) is 2.26. The highest BCUT2D eigenvalue weighted by molar-refractivity contribution is 14.1. The van der Waals surface area contributed by atoms with Gasteiger partial charge in [0.1, 0.15) is 0 Å². The summed E-state index contributed by atoms with van der Waals surface area (Å²) in [5.41, 5.74) is 0. The Morgan fingerprint density at radius 2 is 1.61 bits per heavy atom. The topological polar surface area (TPSA) is 0 Å². The first-order chi connectivity index (χ1) is 8.31. The van der Waals surface area contributed by atoms with E-state index in [1.165, 1.54) is 0 Å². The molecule has 0 heterocycles. The van der Waals surface area contributed by atoms with Gasteiger partial charge in [0.15, 0.2) is 0 Å². The van der Waals surface area contributed by atoms with Gasteiger partial charge in [-0.2, -0.15) is 22.0 Å². The Kier molecular flexibility index (Phi) is 9.81. The Balaban J connectivity index is 4.00. The summed E-state index contributed by atoms with van der Waals surface area (Å²) >= 11 is 5.04. The maximum absolute atomic E-state index is 13.0. The van der Waals surface area contributed by atoms with Crippen LogP contribution >= 0.6 is 38.5 Å². The minimum atomic E-state index is -4.06. The van der Waals surface area contributed by atoms with Gasteiger partial charge in [0.25, 0.3) is 0 Å². The number of unbranched alkanes of at least 4 members (excludes halogenated alkanes) is 3. The Bertz CT molecular complexity index is 266. The van der Waals surface area contributed by atoms with Crippen LogP contribution in [0.5, 0.6) is 0 Å². The van der Waals surface area contributed by atoms with E-state index in [1.54, 1.807) is 22.6 Å². The normalized spacial score (nSPS) is 13.5. The summed E-state index contributed by atoms with van der Waals surface area (Å²) in [5.74, 6) is -6.65. The van der Waals surface area contributed by atoms with Crippen molar-refractivity contribution in [2.75, 3.05) is 5.33 Å². The van der Waals surface area contributed by atoms with E-state index < -0.39 is 28.2 Å². The summed E-state index contributed by atoms with van der Waals surface area (Å²) in [6.07, 6.45) is 0.354. The van der Waals surface area contributed by atoms with Crippen LogP contribution in [0.3, 0.4) is 0 Å². The van der Waals surface area contributed by atoms with Gasteiger partial charge in [-0.1, -0.05) is 57.8 Å². The quantitative estimate of drug-likeness (QED) is 0.169. The van der Waals surface area contributed by atoms with Crippen molar-refractivity contribution >= 4 is 38.5 Å². The molecule has 0 aromatic heterocycles. The fraction of sp³-hybridized carbons (Fsp3) is 0.818. The second-order valence-corrected chi connectivity index (χ2v) is 6.53. The number of halogens is 7. The Morgan fingerprint density at radius 1 is 1.06 bits per heavy atom. The van der Waals surface area contributed by atoms with Gasteiger partial charge in [0, 0.05) is 15.7 Å². The zero-order chi connectivity index (χ0) is 14.2. The van der Waals surface area contributed by atoms with E-state index in [2.05, 4.69) is 15.9 Å². The molecule has 0 aliphatic carbocycles.